The summed E-state index contributed by atoms with van der Waals surface area (Å²) in [5, 5.41) is 0. The Kier molecular flexibility index (Phi) is 9.15. The summed E-state index contributed by atoms with van der Waals surface area (Å²) in [5.74, 6) is 0.709. The molecule has 0 fully saturated rings. The number of rotatable bonds is 13. The first kappa shape index (κ1) is 25.0. The van der Waals surface area contributed by atoms with Gasteiger partial charge in [-0.1, -0.05) is 12.1 Å². The van der Waals surface area contributed by atoms with E-state index in [9.17, 15) is 16.8 Å². The van der Waals surface area contributed by atoms with Crippen LogP contribution in [0.5, 0.6) is 5.75 Å². The summed E-state index contributed by atoms with van der Waals surface area (Å²) in [6.45, 7) is 2.46. The average Bonchev–Trinajstić information content (AvgIpc) is 2.66. The minimum atomic E-state index is -3.27. The molecule has 0 aliphatic rings. The molecule has 172 valence electrons. The highest BCUT2D eigenvalue weighted by Crippen LogP contribution is 2.17. The fraction of sp³-hybridized carbons (Fsp3) is 0.429. The van der Waals surface area contributed by atoms with Crippen LogP contribution in [0.25, 0.3) is 0 Å². The summed E-state index contributed by atoms with van der Waals surface area (Å²) in [7, 11) is -4.45. The van der Waals surface area contributed by atoms with Gasteiger partial charge in [0.15, 0.2) is 0 Å². The van der Waals surface area contributed by atoms with Crippen LogP contribution >= 0.6 is 0 Å². The Labute approximate surface area is 185 Å². The molecule has 0 spiro atoms. The maximum atomic E-state index is 11.2. The second kappa shape index (κ2) is 11.4. The predicted molar refractivity (Wildman–Crippen MR) is 126 cm³/mol. The number of hydrogen-bond acceptors (Lipinski definition) is 6. The van der Waals surface area contributed by atoms with E-state index in [1.165, 1.54) is 0 Å². The molecule has 0 radical (unpaired) electrons. The molecule has 0 saturated heterocycles. The lowest BCUT2D eigenvalue weighted by Crippen LogP contribution is -2.22. The maximum absolute atomic E-state index is 11.2. The number of unbranched alkanes of at least 4 members (excludes halogenated alkanes) is 1. The van der Waals surface area contributed by atoms with Crippen molar-refractivity contribution < 1.29 is 21.6 Å². The van der Waals surface area contributed by atoms with E-state index >= 15 is 0 Å². The smallest absolute Gasteiger partial charge is 0.229 e. The number of anilines is 2. The normalized spacial score (nSPS) is 12.0. The second-order valence-corrected chi connectivity index (χ2v) is 11.1. The average molecular weight is 470 g/mol. The third kappa shape index (κ3) is 11.0. The van der Waals surface area contributed by atoms with Gasteiger partial charge in [-0.15, -0.1) is 0 Å². The Morgan fingerprint density at radius 2 is 1.29 bits per heavy atom. The lowest BCUT2D eigenvalue weighted by atomic mass is 10.1. The van der Waals surface area contributed by atoms with Gasteiger partial charge in [0, 0.05) is 17.9 Å². The van der Waals surface area contributed by atoms with Crippen molar-refractivity contribution in [1.29, 1.82) is 0 Å². The molecule has 31 heavy (non-hydrogen) atoms. The van der Waals surface area contributed by atoms with E-state index < -0.39 is 20.0 Å². The lowest BCUT2D eigenvalue weighted by molar-refractivity contribution is 0.280. The van der Waals surface area contributed by atoms with Crippen molar-refractivity contribution in [3.63, 3.8) is 0 Å². The minimum absolute atomic E-state index is 0.512. The van der Waals surface area contributed by atoms with Gasteiger partial charge in [0.1, 0.15) is 5.75 Å². The van der Waals surface area contributed by atoms with E-state index in [2.05, 4.69) is 21.4 Å². The van der Waals surface area contributed by atoms with Crippen LogP contribution in [0.2, 0.25) is 0 Å². The fourth-order valence-electron chi connectivity index (χ4n) is 2.89. The summed E-state index contributed by atoms with van der Waals surface area (Å²) in [6, 6.07) is 14.3. The van der Waals surface area contributed by atoms with Crippen molar-refractivity contribution in [2.24, 2.45) is 0 Å². The number of ether oxygens (including phenoxy) is 1. The van der Waals surface area contributed by atoms with Gasteiger partial charge in [0.05, 0.1) is 19.1 Å². The summed E-state index contributed by atoms with van der Waals surface area (Å²) >= 11 is 0. The molecular formula is C21H31N3O5S2. The van der Waals surface area contributed by atoms with E-state index in [0.29, 0.717) is 23.7 Å². The molecule has 2 aromatic carbocycles. The second-order valence-electron chi connectivity index (χ2n) is 7.58. The van der Waals surface area contributed by atoms with Crippen molar-refractivity contribution >= 4 is 31.4 Å². The number of likely N-dealkylation sites (N-methyl/N-ethyl adjacent to an activating group) is 1. The standard InChI is InChI=1S/C21H31N3O5S2/c1-24(16-14-18-6-8-19(9-7-18)22-30(2,25)26)15-4-5-17-29-21-12-10-20(11-13-21)23-31(3,27)28/h6-13,22-23H,4-5,14-17H2,1-3H3. The van der Waals surface area contributed by atoms with Gasteiger partial charge in [-0.25, -0.2) is 16.8 Å². The molecule has 0 aromatic heterocycles. The quantitative estimate of drug-likeness (QED) is 0.437. The molecule has 10 heteroatoms. The Morgan fingerprint density at radius 1 is 0.774 bits per heavy atom. The van der Waals surface area contributed by atoms with Gasteiger partial charge in [-0.05, 0) is 74.8 Å². The molecular weight excluding hydrogens is 438 g/mol. The lowest BCUT2D eigenvalue weighted by Gasteiger charge is -2.16. The molecule has 0 atom stereocenters. The molecule has 0 bridgehead atoms. The molecule has 2 aromatic rings. The molecule has 0 heterocycles. The molecule has 0 unspecified atom stereocenters. The van der Waals surface area contributed by atoms with Crippen LogP contribution in [0.3, 0.4) is 0 Å². The molecule has 2 N–H and O–H groups in total. The number of nitrogens with zero attached hydrogens (tertiary/aromatic N) is 1. The summed E-state index contributed by atoms with van der Waals surface area (Å²) in [4.78, 5) is 2.26. The topological polar surface area (TPSA) is 105 Å². The zero-order valence-corrected chi connectivity index (χ0v) is 19.8. The fourth-order valence-corrected chi connectivity index (χ4v) is 4.02. The summed E-state index contributed by atoms with van der Waals surface area (Å²) < 4.78 is 55.5. The summed E-state index contributed by atoms with van der Waals surface area (Å²) in [5.41, 5.74) is 2.24. The van der Waals surface area contributed by atoms with E-state index in [1.807, 2.05) is 12.1 Å². The largest absolute Gasteiger partial charge is 0.494 e. The highest BCUT2D eigenvalue weighted by atomic mass is 32.2. The molecule has 2 rings (SSSR count). The SMILES string of the molecule is CN(CCCCOc1ccc(NS(C)(=O)=O)cc1)CCc1ccc(NS(C)(=O)=O)cc1. The maximum Gasteiger partial charge on any atom is 0.229 e. The molecule has 8 nitrogen and oxygen atoms in total. The van der Waals surface area contributed by atoms with Crippen molar-refractivity contribution in [1.82, 2.24) is 4.90 Å². The number of benzene rings is 2. The van der Waals surface area contributed by atoms with E-state index in [4.69, 9.17) is 4.74 Å². The van der Waals surface area contributed by atoms with E-state index in [0.717, 1.165) is 50.4 Å². The highest BCUT2D eigenvalue weighted by molar-refractivity contribution is 7.92. The number of hydrogen-bond donors (Lipinski definition) is 2. The van der Waals surface area contributed by atoms with Crippen molar-refractivity contribution in [3.05, 3.63) is 54.1 Å². The van der Waals surface area contributed by atoms with E-state index in [-0.39, 0.29) is 0 Å². The highest BCUT2D eigenvalue weighted by Gasteiger charge is 2.04. The molecule has 0 aliphatic carbocycles. The van der Waals surface area contributed by atoms with Gasteiger partial charge in [-0.3, -0.25) is 9.44 Å². The first-order chi connectivity index (χ1) is 14.5. The third-order valence-corrected chi connectivity index (χ3v) is 5.61. The third-order valence-electron chi connectivity index (χ3n) is 4.40. The van der Waals surface area contributed by atoms with E-state index in [1.54, 1.807) is 36.4 Å². The Hall–Kier alpha value is -2.30. The van der Waals surface area contributed by atoms with Crippen molar-refractivity contribution in [3.8, 4) is 5.75 Å². The van der Waals surface area contributed by atoms with Crippen LogP contribution in [0.1, 0.15) is 18.4 Å². The van der Waals surface area contributed by atoms with Crippen LogP contribution < -0.4 is 14.2 Å². The van der Waals surface area contributed by atoms with Crippen LogP contribution in [0, 0.1) is 0 Å². The van der Waals surface area contributed by atoms with Gasteiger partial charge >= 0.3 is 0 Å². The monoisotopic (exact) mass is 469 g/mol. The summed E-state index contributed by atoms with van der Waals surface area (Å²) in [6.07, 6.45) is 5.06. The van der Waals surface area contributed by atoms with Crippen LogP contribution in [0.4, 0.5) is 11.4 Å². The predicted octanol–water partition coefficient (Wildman–Crippen LogP) is 2.76. The van der Waals surface area contributed by atoms with Gasteiger partial charge in [-0.2, -0.15) is 0 Å². The van der Waals surface area contributed by atoms with Gasteiger partial charge < -0.3 is 9.64 Å². The van der Waals surface area contributed by atoms with Crippen LogP contribution in [0.15, 0.2) is 48.5 Å². The first-order valence-corrected chi connectivity index (χ1v) is 13.7. The Bertz CT molecular complexity index is 1020. The molecule has 0 aliphatic heterocycles. The Morgan fingerprint density at radius 3 is 1.81 bits per heavy atom. The van der Waals surface area contributed by atoms with Crippen LogP contribution in [-0.2, 0) is 26.5 Å². The zero-order chi connectivity index (χ0) is 22.9. The van der Waals surface area contributed by atoms with Crippen molar-refractivity contribution in [2.45, 2.75) is 19.3 Å². The number of sulfonamides is 2. The van der Waals surface area contributed by atoms with Gasteiger partial charge in [0.25, 0.3) is 0 Å². The number of nitrogens with one attached hydrogen (secondary N) is 2. The van der Waals surface area contributed by atoms with Crippen molar-refractivity contribution in [2.75, 3.05) is 48.7 Å². The molecule has 0 amide bonds. The zero-order valence-electron chi connectivity index (χ0n) is 18.2. The Balaban J connectivity index is 1.61. The molecule has 0 saturated carbocycles. The first-order valence-electron chi connectivity index (χ1n) is 9.96. The van der Waals surface area contributed by atoms with Gasteiger partial charge in [0.2, 0.25) is 20.0 Å². The van der Waals surface area contributed by atoms with Crippen LogP contribution in [-0.4, -0.2) is 61.0 Å². The minimum Gasteiger partial charge on any atom is -0.494 e.